The molecule has 1 aromatic heterocycles. The number of hydrogen-bond acceptors (Lipinski definition) is 5. The van der Waals surface area contributed by atoms with Gasteiger partial charge in [0.25, 0.3) is 0 Å². The van der Waals surface area contributed by atoms with Crippen LogP contribution in [0.3, 0.4) is 0 Å². The minimum Gasteiger partial charge on any atom is -0.382 e. The zero-order valence-corrected chi connectivity index (χ0v) is 12.1. The molecule has 0 amide bonds. The molecule has 1 rings (SSSR count). The molecule has 0 saturated carbocycles. The average Bonchev–Trinajstić information content (AvgIpc) is 2.39. The van der Waals surface area contributed by atoms with Gasteiger partial charge in [-0.25, -0.2) is 0 Å². The van der Waals surface area contributed by atoms with Crippen molar-refractivity contribution in [1.29, 1.82) is 0 Å². The van der Waals surface area contributed by atoms with Crippen LogP contribution in [0.1, 0.15) is 12.1 Å². The molecule has 0 aromatic carbocycles. The second-order valence-corrected chi connectivity index (χ2v) is 4.84. The van der Waals surface area contributed by atoms with Crippen molar-refractivity contribution >= 4 is 15.9 Å². The van der Waals surface area contributed by atoms with Crippen molar-refractivity contribution in [3.05, 3.63) is 28.5 Å². The monoisotopic (exact) mass is 317 g/mol. The number of nitrogens with two attached hydrogens (primary N) is 1. The number of nitrogens with zero attached hydrogens (tertiary/aromatic N) is 1. The smallest absolute Gasteiger partial charge is 0.0700 e. The van der Waals surface area contributed by atoms with Gasteiger partial charge in [0.15, 0.2) is 0 Å². The van der Waals surface area contributed by atoms with Gasteiger partial charge in [0.1, 0.15) is 0 Å². The summed E-state index contributed by atoms with van der Waals surface area (Å²) in [5.41, 5.74) is 3.81. The minimum atomic E-state index is 0.168. The third-order valence-electron chi connectivity index (χ3n) is 2.52. The molecule has 0 fully saturated rings. The summed E-state index contributed by atoms with van der Waals surface area (Å²) in [4.78, 5) is 4.32. The summed E-state index contributed by atoms with van der Waals surface area (Å²) >= 11 is 3.36. The van der Waals surface area contributed by atoms with Gasteiger partial charge >= 0.3 is 0 Å². The first kappa shape index (κ1) is 15.5. The molecular weight excluding hydrogens is 298 g/mol. The summed E-state index contributed by atoms with van der Waals surface area (Å²) < 4.78 is 11.3. The van der Waals surface area contributed by atoms with Gasteiger partial charge in [-0.1, -0.05) is 0 Å². The molecule has 0 saturated heterocycles. The Balaban J connectivity index is 2.26. The number of aromatic nitrogens is 1. The molecule has 0 aliphatic rings. The molecule has 5 nitrogen and oxygen atoms in total. The lowest BCUT2D eigenvalue weighted by Crippen LogP contribution is -2.37. The van der Waals surface area contributed by atoms with Crippen molar-refractivity contribution in [2.75, 3.05) is 26.9 Å². The van der Waals surface area contributed by atoms with Gasteiger partial charge in [-0.3, -0.25) is 16.3 Å². The Kier molecular flexibility index (Phi) is 8.11. The van der Waals surface area contributed by atoms with Crippen molar-refractivity contribution in [2.24, 2.45) is 5.84 Å². The van der Waals surface area contributed by atoms with E-state index in [1.165, 1.54) is 0 Å². The Morgan fingerprint density at radius 2 is 2.22 bits per heavy atom. The van der Waals surface area contributed by atoms with Crippen molar-refractivity contribution < 1.29 is 9.47 Å². The van der Waals surface area contributed by atoms with Crippen LogP contribution < -0.4 is 11.3 Å². The Hall–Kier alpha value is -0.530. The van der Waals surface area contributed by atoms with Crippen molar-refractivity contribution in [3.63, 3.8) is 0 Å². The highest BCUT2D eigenvalue weighted by Gasteiger charge is 2.08. The maximum absolute atomic E-state index is 5.52. The molecule has 1 aromatic rings. The van der Waals surface area contributed by atoms with E-state index in [-0.39, 0.29) is 6.04 Å². The molecule has 3 N–H and O–H groups in total. The maximum Gasteiger partial charge on any atom is 0.0700 e. The second kappa shape index (κ2) is 9.41. The quantitative estimate of drug-likeness (QED) is 0.408. The fraction of sp³-hybridized carbons (Fsp3) is 0.583. The predicted molar refractivity (Wildman–Crippen MR) is 74.1 cm³/mol. The number of hydrogen-bond donors (Lipinski definition) is 2. The highest BCUT2D eigenvalue weighted by Crippen LogP contribution is 2.09. The fourth-order valence-corrected chi connectivity index (χ4v) is 1.73. The Morgan fingerprint density at radius 3 is 2.83 bits per heavy atom. The molecule has 0 radical (unpaired) electrons. The molecule has 1 heterocycles. The van der Waals surface area contributed by atoms with Gasteiger partial charge in [0.2, 0.25) is 0 Å². The van der Waals surface area contributed by atoms with Crippen LogP contribution >= 0.6 is 15.9 Å². The van der Waals surface area contributed by atoms with E-state index in [0.717, 1.165) is 23.0 Å². The molecule has 1 unspecified atom stereocenters. The SMILES string of the molecule is COCCOCCC(Cc1ccc(Br)cn1)NN. The van der Waals surface area contributed by atoms with Crippen LogP contribution in [-0.4, -0.2) is 38.0 Å². The molecule has 6 heteroatoms. The van der Waals surface area contributed by atoms with Crippen molar-refractivity contribution in [3.8, 4) is 0 Å². The largest absolute Gasteiger partial charge is 0.382 e. The highest BCUT2D eigenvalue weighted by molar-refractivity contribution is 9.10. The van der Waals surface area contributed by atoms with Crippen LogP contribution in [0.2, 0.25) is 0 Å². The van der Waals surface area contributed by atoms with Crippen LogP contribution in [0.4, 0.5) is 0 Å². The number of pyridine rings is 1. The van der Waals surface area contributed by atoms with E-state index < -0.39 is 0 Å². The molecule has 18 heavy (non-hydrogen) atoms. The van der Waals surface area contributed by atoms with Crippen molar-refractivity contribution in [2.45, 2.75) is 18.9 Å². The molecule has 102 valence electrons. The summed E-state index contributed by atoms with van der Waals surface area (Å²) in [7, 11) is 1.66. The highest BCUT2D eigenvalue weighted by atomic mass is 79.9. The summed E-state index contributed by atoms with van der Waals surface area (Å²) in [5.74, 6) is 5.52. The first-order valence-corrected chi connectivity index (χ1v) is 6.68. The Labute approximate surface area is 116 Å². The van der Waals surface area contributed by atoms with Gasteiger partial charge in [-0.2, -0.15) is 0 Å². The zero-order chi connectivity index (χ0) is 13.2. The van der Waals surface area contributed by atoms with Crippen LogP contribution in [0, 0.1) is 0 Å². The van der Waals surface area contributed by atoms with E-state index in [1.807, 2.05) is 12.1 Å². The number of methoxy groups -OCH3 is 1. The van der Waals surface area contributed by atoms with E-state index in [2.05, 4.69) is 26.3 Å². The third kappa shape index (κ3) is 6.42. The number of rotatable bonds is 9. The van der Waals surface area contributed by atoms with E-state index >= 15 is 0 Å². The van der Waals surface area contributed by atoms with E-state index in [4.69, 9.17) is 15.3 Å². The summed E-state index contributed by atoms with van der Waals surface area (Å²) in [5, 5.41) is 0. The van der Waals surface area contributed by atoms with Gasteiger partial charge in [-0.15, -0.1) is 0 Å². The van der Waals surface area contributed by atoms with Gasteiger partial charge < -0.3 is 9.47 Å². The van der Waals surface area contributed by atoms with Gasteiger partial charge in [-0.05, 0) is 34.5 Å². The molecular formula is C12H20BrN3O2. The van der Waals surface area contributed by atoms with E-state index in [9.17, 15) is 0 Å². The lowest BCUT2D eigenvalue weighted by Gasteiger charge is -2.15. The standard InChI is InChI=1S/C12H20BrN3O2/c1-17-6-7-18-5-4-12(16-14)8-11-3-2-10(13)9-15-11/h2-3,9,12,16H,4-8,14H2,1H3. The maximum atomic E-state index is 5.52. The van der Waals surface area contributed by atoms with Crippen LogP contribution in [-0.2, 0) is 15.9 Å². The average molecular weight is 318 g/mol. The lowest BCUT2D eigenvalue weighted by molar-refractivity contribution is 0.0658. The predicted octanol–water partition coefficient (Wildman–Crippen LogP) is 1.27. The number of ether oxygens (including phenoxy) is 2. The molecule has 0 bridgehead atoms. The van der Waals surface area contributed by atoms with E-state index in [0.29, 0.717) is 19.8 Å². The number of hydrazine groups is 1. The van der Waals surface area contributed by atoms with Crippen LogP contribution in [0.5, 0.6) is 0 Å². The first-order chi connectivity index (χ1) is 8.76. The summed E-state index contributed by atoms with van der Waals surface area (Å²) in [6.07, 6.45) is 3.42. The van der Waals surface area contributed by atoms with Gasteiger partial charge in [0.05, 0.1) is 13.2 Å². The normalized spacial score (nSPS) is 12.6. The van der Waals surface area contributed by atoms with Crippen molar-refractivity contribution in [1.82, 2.24) is 10.4 Å². The Morgan fingerprint density at radius 1 is 1.39 bits per heavy atom. The zero-order valence-electron chi connectivity index (χ0n) is 10.6. The topological polar surface area (TPSA) is 69.4 Å². The first-order valence-electron chi connectivity index (χ1n) is 5.89. The number of nitrogens with one attached hydrogen (secondary N) is 1. The molecule has 0 spiro atoms. The van der Waals surface area contributed by atoms with Crippen LogP contribution in [0.15, 0.2) is 22.8 Å². The minimum absolute atomic E-state index is 0.168. The lowest BCUT2D eigenvalue weighted by atomic mass is 10.1. The number of halogens is 1. The summed E-state index contributed by atoms with van der Waals surface area (Å²) in [6, 6.07) is 4.13. The summed E-state index contributed by atoms with van der Waals surface area (Å²) in [6.45, 7) is 1.90. The van der Waals surface area contributed by atoms with Crippen LogP contribution in [0.25, 0.3) is 0 Å². The third-order valence-corrected chi connectivity index (χ3v) is 2.99. The van der Waals surface area contributed by atoms with Gasteiger partial charge in [0, 0.05) is 42.5 Å². The fourth-order valence-electron chi connectivity index (χ4n) is 1.49. The Bertz CT molecular complexity index is 322. The molecule has 1 atom stereocenters. The molecule has 0 aliphatic carbocycles. The van der Waals surface area contributed by atoms with E-state index in [1.54, 1.807) is 13.3 Å². The second-order valence-electron chi connectivity index (χ2n) is 3.93. The molecule has 0 aliphatic heterocycles.